The van der Waals surface area contributed by atoms with Gasteiger partial charge in [-0.15, -0.1) is 0 Å². The summed E-state index contributed by atoms with van der Waals surface area (Å²) in [6.07, 6.45) is 11.1. The first-order valence-corrected chi connectivity index (χ1v) is 7.07. The van der Waals surface area contributed by atoms with E-state index in [0.717, 1.165) is 25.7 Å². The molecule has 0 aromatic carbocycles. The molecule has 0 atom stereocenters. The maximum atomic E-state index is 11.0. The van der Waals surface area contributed by atoms with Gasteiger partial charge in [0, 0.05) is 13.0 Å². The molecule has 0 aromatic heterocycles. The predicted octanol–water partition coefficient (Wildman–Crippen LogP) is 3.44. The molecule has 3 nitrogen and oxygen atoms in total. The molecular weight excluding hydrogens is 216 g/mol. The van der Waals surface area contributed by atoms with Gasteiger partial charge in [0.25, 0.3) is 0 Å². The van der Waals surface area contributed by atoms with Gasteiger partial charge >= 0.3 is 5.97 Å². The van der Waals surface area contributed by atoms with Crippen molar-refractivity contribution >= 4 is 5.97 Å². The van der Waals surface area contributed by atoms with Crippen molar-refractivity contribution in [1.29, 1.82) is 0 Å². The number of esters is 1. The molecule has 0 aromatic rings. The third-order valence-corrected chi connectivity index (χ3v) is 2.84. The van der Waals surface area contributed by atoms with E-state index in [2.05, 4.69) is 0 Å². The standard InChI is InChI=1S/C14H28O3/c1-2-17-14(16)12-10-8-6-4-3-5-7-9-11-13-15/h15H,2-13H2,1H3. The Hall–Kier alpha value is -0.570. The summed E-state index contributed by atoms with van der Waals surface area (Å²) in [4.78, 5) is 11.0. The van der Waals surface area contributed by atoms with Gasteiger partial charge in [-0.25, -0.2) is 0 Å². The number of unbranched alkanes of at least 4 members (excludes halogenated alkanes) is 8. The van der Waals surface area contributed by atoms with Gasteiger partial charge in [0.2, 0.25) is 0 Å². The molecule has 0 saturated carbocycles. The minimum absolute atomic E-state index is 0.0588. The van der Waals surface area contributed by atoms with Gasteiger partial charge < -0.3 is 9.84 Å². The topological polar surface area (TPSA) is 46.5 Å². The molecule has 0 aliphatic carbocycles. The van der Waals surface area contributed by atoms with Crippen LogP contribution in [-0.4, -0.2) is 24.3 Å². The van der Waals surface area contributed by atoms with Crippen LogP contribution in [0.1, 0.15) is 71.1 Å². The Morgan fingerprint density at radius 3 is 1.82 bits per heavy atom. The van der Waals surface area contributed by atoms with E-state index >= 15 is 0 Å². The Morgan fingerprint density at radius 1 is 0.882 bits per heavy atom. The third kappa shape index (κ3) is 13.4. The molecule has 0 saturated heterocycles. The first-order chi connectivity index (χ1) is 8.31. The van der Waals surface area contributed by atoms with E-state index in [1.807, 2.05) is 6.92 Å². The molecular formula is C14H28O3. The second kappa shape index (κ2) is 13.5. The van der Waals surface area contributed by atoms with Crippen molar-refractivity contribution in [1.82, 2.24) is 0 Å². The van der Waals surface area contributed by atoms with Gasteiger partial charge in [-0.2, -0.15) is 0 Å². The van der Waals surface area contributed by atoms with Crippen LogP contribution in [0.3, 0.4) is 0 Å². The fourth-order valence-corrected chi connectivity index (χ4v) is 1.85. The van der Waals surface area contributed by atoms with Crippen molar-refractivity contribution in [2.24, 2.45) is 0 Å². The zero-order valence-electron chi connectivity index (χ0n) is 11.2. The number of hydrogen-bond acceptors (Lipinski definition) is 3. The second-order valence-corrected chi connectivity index (χ2v) is 4.46. The van der Waals surface area contributed by atoms with E-state index in [4.69, 9.17) is 9.84 Å². The third-order valence-electron chi connectivity index (χ3n) is 2.84. The molecule has 0 amide bonds. The lowest BCUT2D eigenvalue weighted by Crippen LogP contribution is -2.03. The summed E-state index contributed by atoms with van der Waals surface area (Å²) in [5.74, 6) is -0.0588. The van der Waals surface area contributed by atoms with Gasteiger partial charge in [-0.05, 0) is 19.8 Å². The average Bonchev–Trinajstić information content (AvgIpc) is 2.32. The fraction of sp³-hybridized carbons (Fsp3) is 0.929. The summed E-state index contributed by atoms with van der Waals surface area (Å²) in [6, 6.07) is 0. The van der Waals surface area contributed by atoms with Crippen LogP contribution in [-0.2, 0) is 9.53 Å². The number of rotatable bonds is 12. The van der Waals surface area contributed by atoms with Gasteiger partial charge in [0.1, 0.15) is 0 Å². The monoisotopic (exact) mass is 244 g/mol. The molecule has 102 valence electrons. The Balaban J connectivity index is 3.01. The molecule has 0 aliphatic rings. The first kappa shape index (κ1) is 16.4. The lowest BCUT2D eigenvalue weighted by atomic mass is 10.1. The normalized spacial score (nSPS) is 10.5. The van der Waals surface area contributed by atoms with E-state index < -0.39 is 0 Å². The number of aliphatic hydroxyl groups excluding tert-OH is 1. The van der Waals surface area contributed by atoms with Crippen molar-refractivity contribution in [3.05, 3.63) is 0 Å². The zero-order chi connectivity index (χ0) is 12.8. The van der Waals surface area contributed by atoms with Crippen molar-refractivity contribution in [3.8, 4) is 0 Å². The summed E-state index contributed by atoms with van der Waals surface area (Å²) < 4.78 is 4.87. The van der Waals surface area contributed by atoms with Gasteiger partial charge in [-0.1, -0.05) is 44.9 Å². The summed E-state index contributed by atoms with van der Waals surface area (Å²) in [5.41, 5.74) is 0. The number of aliphatic hydroxyl groups is 1. The van der Waals surface area contributed by atoms with E-state index in [1.54, 1.807) is 0 Å². The molecule has 0 unspecified atom stereocenters. The Bertz CT molecular complexity index is 169. The Labute approximate surface area is 106 Å². The lowest BCUT2D eigenvalue weighted by molar-refractivity contribution is -0.143. The number of hydrogen-bond donors (Lipinski definition) is 1. The second-order valence-electron chi connectivity index (χ2n) is 4.46. The van der Waals surface area contributed by atoms with Crippen LogP contribution in [0.5, 0.6) is 0 Å². The van der Waals surface area contributed by atoms with Crippen LogP contribution in [0, 0.1) is 0 Å². The number of carbonyl (C=O) groups is 1. The van der Waals surface area contributed by atoms with Crippen molar-refractivity contribution in [2.75, 3.05) is 13.2 Å². The lowest BCUT2D eigenvalue weighted by Gasteiger charge is -2.02. The van der Waals surface area contributed by atoms with Crippen LogP contribution >= 0.6 is 0 Å². The Kier molecular flexibility index (Phi) is 13.0. The average molecular weight is 244 g/mol. The molecule has 0 aliphatic heterocycles. The highest BCUT2D eigenvalue weighted by molar-refractivity contribution is 5.69. The molecule has 0 radical (unpaired) electrons. The highest BCUT2D eigenvalue weighted by atomic mass is 16.5. The molecule has 17 heavy (non-hydrogen) atoms. The van der Waals surface area contributed by atoms with Crippen LogP contribution in [0.2, 0.25) is 0 Å². The summed E-state index contributed by atoms with van der Waals surface area (Å²) in [5, 5.41) is 8.61. The quantitative estimate of drug-likeness (QED) is 0.422. The highest BCUT2D eigenvalue weighted by Crippen LogP contribution is 2.10. The molecule has 0 rings (SSSR count). The van der Waals surface area contributed by atoms with Crippen LogP contribution in [0.25, 0.3) is 0 Å². The van der Waals surface area contributed by atoms with Crippen molar-refractivity contribution in [3.63, 3.8) is 0 Å². The van der Waals surface area contributed by atoms with Crippen LogP contribution in [0.15, 0.2) is 0 Å². The highest BCUT2D eigenvalue weighted by Gasteiger charge is 2.00. The van der Waals surface area contributed by atoms with E-state index in [1.165, 1.54) is 32.1 Å². The SMILES string of the molecule is CCOC(=O)CCCCCCCCCCCO. The number of ether oxygens (including phenoxy) is 1. The molecule has 0 spiro atoms. The maximum absolute atomic E-state index is 11.0. The molecule has 0 bridgehead atoms. The van der Waals surface area contributed by atoms with Crippen molar-refractivity contribution in [2.45, 2.75) is 71.1 Å². The molecule has 0 heterocycles. The first-order valence-electron chi connectivity index (χ1n) is 7.07. The van der Waals surface area contributed by atoms with Gasteiger partial charge in [-0.3, -0.25) is 4.79 Å². The van der Waals surface area contributed by atoms with Gasteiger partial charge in [0.15, 0.2) is 0 Å². The minimum Gasteiger partial charge on any atom is -0.466 e. The minimum atomic E-state index is -0.0588. The summed E-state index contributed by atoms with van der Waals surface area (Å²) >= 11 is 0. The van der Waals surface area contributed by atoms with Gasteiger partial charge in [0.05, 0.1) is 6.61 Å². The maximum Gasteiger partial charge on any atom is 0.305 e. The van der Waals surface area contributed by atoms with E-state index in [-0.39, 0.29) is 5.97 Å². The van der Waals surface area contributed by atoms with Crippen molar-refractivity contribution < 1.29 is 14.6 Å². The molecule has 1 N–H and O–H groups in total. The zero-order valence-corrected chi connectivity index (χ0v) is 11.2. The van der Waals surface area contributed by atoms with E-state index in [0.29, 0.717) is 19.6 Å². The molecule has 3 heteroatoms. The van der Waals surface area contributed by atoms with E-state index in [9.17, 15) is 4.79 Å². The smallest absolute Gasteiger partial charge is 0.305 e. The summed E-state index contributed by atoms with van der Waals surface area (Å²) in [7, 11) is 0. The predicted molar refractivity (Wildman–Crippen MR) is 69.9 cm³/mol. The largest absolute Gasteiger partial charge is 0.466 e. The fourth-order valence-electron chi connectivity index (χ4n) is 1.85. The number of carbonyl (C=O) groups excluding carboxylic acids is 1. The Morgan fingerprint density at radius 2 is 1.35 bits per heavy atom. The van der Waals surface area contributed by atoms with Crippen LogP contribution in [0.4, 0.5) is 0 Å². The summed E-state index contributed by atoms with van der Waals surface area (Å²) in [6.45, 7) is 2.66. The van der Waals surface area contributed by atoms with Crippen LogP contribution < -0.4 is 0 Å². The molecule has 0 fully saturated rings.